The van der Waals surface area contributed by atoms with Crippen LogP contribution in [0.15, 0.2) is 18.2 Å². The summed E-state index contributed by atoms with van der Waals surface area (Å²) in [4.78, 5) is 0. The molecule has 88 valence electrons. The van der Waals surface area contributed by atoms with Crippen LogP contribution in [-0.4, -0.2) is 17.3 Å². The van der Waals surface area contributed by atoms with Gasteiger partial charge in [0.2, 0.25) is 0 Å². The summed E-state index contributed by atoms with van der Waals surface area (Å²) in [5, 5.41) is 12.8. The molecule has 0 saturated carbocycles. The molecule has 2 rings (SSSR count). The lowest BCUT2D eigenvalue weighted by Crippen LogP contribution is -2.22. The van der Waals surface area contributed by atoms with Crippen LogP contribution in [0.2, 0.25) is 0 Å². The van der Waals surface area contributed by atoms with Gasteiger partial charge in [-0.15, -0.1) is 0 Å². The van der Waals surface area contributed by atoms with Gasteiger partial charge >= 0.3 is 0 Å². The molecule has 1 aromatic carbocycles. The van der Waals surface area contributed by atoms with Crippen LogP contribution < -0.4 is 5.32 Å². The molecule has 16 heavy (non-hydrogen) atoms. The predicted octanol–water partition coefficient (Wildman–Crippen LogP) is 2.75. The molecule has 1 aliphatic heterocycles. The largest absolute Gasteiger partial charge is 0.393 e. The zero-order valence-electron chi connectivity index (χ0n) is 10.2. The minimum Gasteiger partial charge on any atom is -0.393 e. The summed E-state index contributed by atoms with van der Waals surface area (Å²) in [5.41, 5.74) is 4.04. The van der Waals surface area contributed by atoms with Gasteiger partial charge in [-0.05, 0) is 56.7 Å². The minimum atomic E-state index is -0.206. The Morgan fingerprint density at radius 2 is 2.31 bits per heavy atom. The predicted molar refractivity (Wildman–Crippen MR) is 67.8 cm³/mol. The van der Waals surface area contributed by atoms with Crippen LogP contribution in [-0.2, 0) is 12.8 Å². The Morgan fingerprint density at radius 1 is 1.50 bits per heavy atom. The van der Waals surface area contributed by atoms with Crippen molar-refractivity contribution in [2.75, 3.05) is 5.32 Å². The molecule has 2 nitrogen and oxygen atoms in total. The van der Waals surface area contributed by atoms with E-state index >= 15 is 0 Å². The van der Waals surface area contributed by atoms with Gasteiger partial charge in [-0.2, -0.15) is 0 Å². The van der Waals surface area contributed by atoms with Gasteiger partial charge in [-0.1, -0.05) is 12.1 Å². The fourth-order valence-corrected chi connectivity index (χ4v) is 2.22. The van der Waals surface area contributed by atoms with E-state index in [9.17, 15) is 5.11 Å². The highest BCUT2D eigenvalue weighted by Gasteiger charge is 2.13. The molecule has 0 unspecified atom stereocenters. The topological polar surface area (TPSA) is 32.3 Å². The van der Waals surface area contributed by atoms with Gasteiger partial charge in [0.1, 0.15) is 0 Å². The zero-order valence-corrected chi connectivity index (χ0v) is 10.2. The molecule has 0 amide bonds. The summed E-state index contributed by atoms with van der Waals surface area (Å²) >= 11 is 0. The third-order valence-corrected chi connectivity index (χ3v) is 3.27. The van der Waals surface area contributed by atoms with Crippen LogP contribution >= 0.6 is 0 Å². The van der Waals surface area contributed by atoms with Gasteiger partial charge in [0.05, 0.1) is 6.10 Å². The Morgan fingerprint density at radius 3 is 3.06 bits per heavy atom. The Balaban J connectivity index is 2.09. The number of aryl methyl sites for hydroxylation is 2. The monoisotopic (exact) mass is 219 g/mol. The number of anilines is 1. The summed E-state index contributed by atoms with van der Waals surface area (Å²) in [6.07, 6.45) is 4.00. The maximum absolute atomic E-state index is 9.28. The highest BCUT2D eigenvalue weighted by molar-refractivity contribution is 5.55. The highest BCUT2D eigenvalue weighted by atomic mass is 16.3. The molecule has 0 fully saturated rings. The number of hydrogen-bond donors (Lipinski definition) is 2. The van der Waals surface area contributed by atoms with Crippen LogP contribution in [0, 0.1) is 0 Å². The fourth-order valence-electron chi connectivity index (χ4n) is 2.22. The summed E-state index contributed by atoms with van der Waals surface area (Å²) in [6.45, 7) is 4.07. The second-order valence-electron chi connectivity index (χ2n) is 4.96. The van der Waals surface area contributed by atoms with Gasteiger partial charge in [0.15, 0.2) is 0 Å². The summed E-state index contributed by atoms with van der Waals surface area (Å²) in [5.74, 6) is 0. The second-order valence-corrected chi connectivity index (χ2v) is 4.96. The number of nitrogens with one attached hydrogen (secondary N) is 1. The zero-order chi connectivity index (χ0) is 11.5. The van der Waals surface area contributed by atoms with E-state index in [1.807, 2.05) is 6.92 Å². The molecule has 0 spiro atoms. The molecule has 0 saturated heterocycles. The normalized spacial score (nSPS) is 21.1. The number of benzene rings is 1. The van der Waals surface area contributed by atoms with Gasteiger partial charge in [-0.3, -0.25) is 0 Å². The summed E-state index contributed by atoms with van der Waals surface area (Å²) in [6, 6.07) is 7.25. The Labute approximate surface area is 97.7 Å². The lowest BCUT2D eigenvalue weighted by atomic mass is 9.96. The quantitative estimate of drug-likeness (QED) is 0.819. The lowest BCUT2D eigenvalue weighted by Gasteiger charge is -2.24. The first-order valence-corrected chi connectivity index (χ1v) is 6.21. The van der Waals surface area contributed by atoms with Crippen molar-refractivity contribution in [3.63, 3.8) is 0 Å². The first kappa shape index (κ1) is 11.5. The molecule has 2 N–H and O–H groups in total. The third kappa shape index (κ3) is 2.76. The van der Waals surface area contributed by atoms with E-state index in [2.05, 4.69) is 30.4 Å². The van der Waals surface area contributed by atoms with Gasteiger partial charge in [-0.25, -0.2) is 0 Å². The van der Waals surface area contributed by atoms with Crippen molar-refractivity contribution in [1.29, 1.82) is 0 Å². The van der Waals surface area contributed by atoms with Crippen molar-refractivity contribution in [1.82, 2.24) is 0 Å². The first-order valence-electron chi connectivity index (χ1n) is 6.21. The molecule has 1 heterocycles. The van der Waals surface area contributed by atoms with E-state index in [0.29, 0.717) is 6.04 Å². The maximum Gasteiger partial charge on any atom is 0.0515 e. The molecule has 0 aromatic heterocycles. The highest BCUT2D eigenvalue weighted by Crippen LogP contribution is 2.26. The van der Waals surface area contributed by atoms with Crippen molar-refractivity contribution in [3.05, 3.63) is 29.3 Å². The van der Waals surface area contributed by atoms with E-state index in [-0.39, 0.29) is 6.10 Å². The van der Waals surface area contributed by atoms with Crippen LogP contribution in [0.25, 0.3) is 0 Å². The SMILES string of the molecule is C[C@H](O)CCc1ccc2c(c1)N[C@H](C)CC2. The van der Waals surface area contributed by atoms with Crippen LogP contribution in [0.4, 0.5) is 5.69 Å². The van der Waals surface area contributed by atoms with Crippen LogP contribution in [0.5, 0.6) is 0 Å². The molecule has 0 bridgehead atoms. The second kappa shape index (κ2) is 4.88. The molecule has 2 atom stereocenters. The van der Waals surface area contributed by atoms with Gasteiger partial charge in [0, 0.05) is 11.7 Å². The van der Waals surface area contributed by atoms with Crippen molar-refractivity contribution in [3.8, 4) is 0 Å². The van der Waals surface area contributed by atoms with Crippen molar-refractivity contribution < 1.29 is 5.11 Å². The Kier molecular flexibility index (Phi) is 3.49. The number of fused-ring (bicyclic) bond motifs is 1. The summed E-state index contributed by atoms with van der Waals surface area (Å²) in [7, 11) is 0. The molecule has 0 radical (unpaired) electrons. The van der Waals surface area contributed by atoms with Crippen LogP contribution in [0.1, 0.15) is 37.8 Å². The van der Waals surface area contributed by atoms with E-state index in [0.717, 1.165) is 12.8 Å². The van der Waals surface area contributed by atoms with Gasteiger partial charge in [0.25, 0.3) is 0 Å². The molecule has 0 aliphatic carbocycles. The molecule has 1 aromatic rings. The molecular weight excluding hydrogens is 198 g/mol. The Hall–Kier alpha value is -1.02. The number of hydrogen-bond acceptors (Lipinski definition) is 2. The fraction of sp³-hybridized carbons (Fsp3) is 0.571. The number of aliphatic hydroxyl groups is 1. The van der Waals surface area contributed by atoms with E-state index in [1.54, 1.807) is 0 Å². The summed E-state index contributed by atoms with van der Waals surface area (Å²) < 4.78 is 0. The minimum absolute atomic E-state index is 0.206. The first-order chi connectivity index (χ1) is 7.65. The van der Waals surface area contributed by atoms with E-state index < -0.39 is 0 Å². The van der Waals surface area contributed by atoms with E-state index in [4.69, 9.17) is 0 Å². The number of aliphatic hydroxyl groups excluding tert-OH is 1. The maximum atomic E-state index is 9.28. The van der Waals surface area contributed by atoms with E-state index in [1.165, 1.54) is 29.7 Å². The average Bonchev–Trinajstić information content (AvgIpc) is 2.25. The van der Waals surface area contributed by atoms with Crippen LogP contribution in [0.3, 0.4) is 0 Å². The van der Waals surface area contributed by atoms with Crippen molar-refractivity contribution in [2.24, 2.45) is 0 Å². The average molecular weight is 219 g/mol. The molecular formula is C14H21NO. The standard InChI is InChI=1S/C14H21NO/c1-10-3-7-13-8-6-12(5-4-11(2)16)9-14(13)15-10/h6,8-11,15-16H,3-5,7H2,1-2H3/t10-,11+/m1/s1. The lowest BCUT2D eigenvalue weighted by molar-refractivity contribution is 0.185. The molecule has 1 aliphatic rings. The third-order valence-electron chi connectivity index (χ3n) is 3.27. The molecule has 2 heteroatoms. The smallest absolute Gasteiger partial charge is 0.0515 e. The van der Waals surface area contributed by atoms with Gasteiger partial charge < -0.3 is 10.4 Å². The van der Waals surface area contributed by atoms with Crippen molar-refractivity contribution >= 4 is 5.69 Å². The Bertz CT molecular complexity index is 360. The van der Waals surface area contributed by atoms with Crippen molar-refractivity contribution in [2.45, 2.75) is 51.7 Å². The number of rotatable bonds is 3.